The second-order valence-electron chi connectivity index (χ2n) is 7.25. The lowest BCUT2D eigenvalue weighted by atomic mass is 9.96. The van der Waals surface area contributed by atoms with Gasteiger partial charge >= 0.3 is 5.97 Å². The largest absolute Gasteiger partial charge is 0.469 e. The second kappa shape index (κ2) is 8.89. The number of amides is 1. The topological polar surface area (TPSA) is 83.0 Å². The molecule has 2 N–H and O–H groups in total. The molecule has 0 aliphatic carbocycles. The van der Waals surface area contributed by atoms with Gasteiger partial charge in [0, 0.05) is 31.6 Å². The summed E-state index contributed by atoms with van der Waals surface area (Å²) < 4.78 is 4.88. The average Bonchev–Trinajstić information content (AvgIpc) is 2.90. The Morgan fingerprint density at radius 2 is 1.92 bits per heavy atom. The van der Waals surface area contributed by atoms with Gasteiger partial charge in [-0.1, -0.05) is 27.7 Å². The SMILES string of the molecule is CCNC(=NCCNC(=O)C(C)(C)C)N1CC(C)C(C(=O)OC)C1. The molecule has 0 saturated carbocycles. The summed E-state index contributed by atoms with van der Waals surface area (Å²) >= 11 is 0. The molecule has 2 unspecified atom stereocenters. The van der Waals surface area contributed by atoms with Crippen molar-refractivity contribution in [1.29, 1.82) is 0 Å². The van der Waals surface area contributed by atoms with Gasteiger partial charge < -0.3 is 20.3 Å². The predicted octanol–water partition coefficient (Wildman–Crippen LogP) is 0.855. The minimum Gasteiger partial charge on any atom is -0.469 e. The van der Waals surface area contributed by atoms with Gasteiger partial charge in [0.25, 0.3) is 0 Å². The number of nitrogens with one attached hydrogen (secondary N) is 2. The molecule has 0 aromatic rings. The van der Waals surface area contributed by atoms with Gasteiger partial charge in [-0.3, -0.25) is 14.6 Å². The Hall–Kier alpha value is -1.79. The molecule has 1 fully saturated rings. The van der Waals surface area contributed by atoms with E-state index in [0.29, 0.717) is 19.6 Å². The molecule has 138 valence electrons. The van der Waals surface area contributed by atoms with Crippen molar-refractivity contribution in [2.45, 2.75) is 34.6 Å². The number of esters is 1. The third kappa shape index (κ3) is 5.69. The maximum atomic E-state index is 11.8. The zero-order chi connectivity index (χ0) is 18.3. The monoisotopic (exact) mass is 340 g/mol. The van der Waals surface area contributed by atoms with Crippen molar-refractivity contribution in [2.24, 2.45) is 22.2 Å². The van der Waals surface area contributed by atoms with Gasteiger partial charge in [0.1, 0.15) is 0 Å². The van der Waals surface area contributed by atoms with Gasteiger partial charge in [0.2, 0.25) is 5.91 Å². The number of carbonyl (C=O) groups excluding carboxylic acids is 2. The standard InChI is InChI=1S/C17H32N4O3/c1-7-18-16(20-9-8-19-15(23)17(3,4)5)21-10-12(2)13(11-21)14(22)24-6/h12-13H,7-11H2,1-6H3,(H,18,20)(H,19,23). The van der Waals surface area contributed by atoms with Gasteiger partial charge in [0.15, 0.2) is 5.96 Å². The maximum Gasteiger partial charge on any atom is 0.310 e. The molecule has 7 nitrogen and oxygen atoms in total. The maximum absolute atomic E-state index is 11.8. The van der Waals surface area contributed by atoms with Crippen molar-refractivity contribution >= 4 is 17.8 Å². The van der Waals surface area contributed by atoms with Crippen LogP contribution in [0.25, 0.3) is 0 Å². The Kier molecular flexibility index (Phi) is 7.51. The highest BCUT2D eigenvalue weighted by Crippen LogP contribution is 2.24. The fourth-order valence-corrected chi connectivity index (χ4v) is 2.62. The molecule has 0 radical (unpaired) electrons. The number of aliphatic imine (C=N–C) groups is 1. The van der Waals surface area contributed by atoms with Gasteiger partial charge in [-0.2, -0.15) is 0 Å². The number of hydrogen-bond acceptors (Lipinski definition) is 4. The lowest BCUT2D eigenvalue weighted by molar-refractivity contribution is -0.146. The van der Waals surface area contributed by atoms with E-state index in [1.807, 2.05) is 27.7 Å². The lowest BCUT2D eigenvalue weighted by Crippen LogP contribution is -2.41. The number of rotatable bonds is 5. The minimum atomic E-state index is -0.396. The first-order valence-electron chi connectivity index (χ1n) is 8.60. The molecule has 1 aliphatic heterocycles. The van der Waals surface area contributed by atoms with E-state index in [0.717, 1.165) is 19.0 Å². The molecule has 1 saturated heterocycles. The third-order valence-corrected chi connectivity index (χ3v) is 4.09. The van der Waals surface area contributed by atoms with E-state index < -0.39 is 5.41 Å². The molecule has 2 atom stereocenters. The predicted molar refractivity (Wildman–Crippen MR) is 94.7 cm³/mol. The minimum absolute atomic E-state index is 0.0169. The first kappa shape index (κ1) is 20.3. The van der Waals surface area contributed by atoms with Crippen LogP contribution in [0.15, 0.2) is 4.99 Å². The molecule has 1 heterocycles. The van der Waals surface area contributed by atoms with E-state index in [2.05, 4.69) is 27.4 Å². The van der Waals surface area contributed by atoms with Crippen molar-refractivity contribution in [3.8, 4) is 0 Å². The fraction of sp³-hybridized carbons (Fsp3) is 0.824. The lowest BCUT2D eigenvalue weighted by Gasteiger charge is -2.22. The van der Waals surface area contributed by atoms with E-state index >= 15 is 0 Å². The van der Waals surface area contributed by atoms with Crippen molar-refractivity contribution in [3.63, 3.8) is 0 Å². The first-order chi connectivity index (χ1) is 11.2. The second-order valence-corrected chi connectivity index (χ2v) is 7.25. The van der Waals surface area contributed by atoms with Crippen LogP contribution >= 0.6 is 0 Å². The van der Waals surface area contributed by atoms with Crippen LogP contribution < -0.4 is 10.6 Å². The van der Waals surface area contributed by atoms with E-state index in [1.54, 1.807) is 0 Å². The van der Waals surface area contributed by atoms with Crippen LogP contribution in [0, 0.1) is 17.3 Å². The number of ether oxygens (including phenoxy) is 1. The zero-order valence-electron chi connectivity index (χ0n) is 15.8. The van der Waals surface area contributed by atoms with Crippen LogP contribution in [0.1, 0.15) is 34.6 Å². The quantitative estimate of drug-likeness (QED) is 0.336. The summed E-state index contributed by atoms with van der Waals surface area (Å²) in [7, 11) is 1.43. The molecular formula is C17H32N4O3. The molecule has 0 bridgehead atoms. The van der Waals surface area contributed by atoms with E-state index in [4.69, 9.17) is 4.74 Å². The van der Waals surface area contributed by atoms with Crippen LogP contribution in [0.4, 0.5) is 0 Å². The summed E-state index contributed by atoms with van der Waals surface area (Å²) in [5, 5.41) is 6.14. The van der Waals surface area contributed by atoms with Crippen molar-refractivity contribution in [1.82, 2.24) is 15.5 Å². The van der Waals surface area contributed by atoms with Gasteiger partial charge in [-0.15, -0.1) is 0 Å². The Labute approximate surface area is 145 Å². The highest BCUT2D eigenvalue weighted by atomic mass is 16.5. The summed E-state index contributed by atoms with van der Waals surface area (Å²) in [6.45, 7) is 12.8. The molecule has 0 aromatic heterocycles. The zero-order valence-corrected chi connectivity index (χ0v) is 15.8. The highest BCUT2D eigenvalue weighted by Gasteiger charge is 2.36. The summed E-state index contributed by atoms with van der Waals surface area (Å²) in [5.74, 6) is 0.726. The molecule has 1 aliphatic rings. The summed E-state index contributed by atoms with van der Waals surface area (Å²) in [4.78, 5) is 30.3. The molecule has 1 amide bonds. The van der Waals surface area contributed by atoms with E-state index in [9.17, 15) is 9.59 Å². The van der Waals surface area contributed by atoms with Crippen LogP contribution in [0.3, 0.4) is 0 Å². The highest BCUT2D eigenvalue weighted by molar-refractivity contribution is 5.83. The number of carbonyl (C=O) groups is 2. The molecule has 0 spiro atoms. The van der Waals surface area contributed by atoms with Crippen LogP contribution in [-0.2, 0) is 14.3 Å². The van der Waals surface area contributed by atoms with E-state index in [1.165, 1.54) is 7.11 Å². The molecule has 1 rings (SSSR count). The summed E-state index contributed by atoms with van der Waals surface area (Å²) in [6, 6.07) is 0. The number of likely N-dealkylation sites (tertiary alicyclic amines) is 1. The molecule has 7 heteroatoms. The number of nitrogens with zero attached hydrogens (tertiary/aromatic N) is 2. The summed E-state index contributed by atoms with van der Waals surface area (Å²) in [6.07, 6.45) is 0. The Bertz CT molecular complexity index is 471. The van der Waals surface area contributed by atoms with Crippen molar-refractivity contribution in [3.05, 3.63) is 0 Å². The van der Waals surface area contributed by atoms with Crippen LogP contribution in [0.5, 0.6) is 0 Å². The number of methoxy groups -OCH3 is 1. The Morgan fingerprint density at radius 3 is 2.46 bits per heavy atom. The fourth-order valence-electron chi connectivity index (χ4n) is 2.62. The van der Waals surface area contributed by atoms with Crippen LogP contribution in [0.2, 0.25) is 0 Å². The average molecular weight is 340 g/mol. The molecular weight excluding hydrogens is 308 g/mol. The van der Waals surface area contributed by atoms with Crippen molar-refractivity contribution < 1.29 is 14.3 Å². The van der Waals surface area contributed by atoms with Gasteiger partial charge in [-0.25, -0.2) is 0 Å². The third-order valence-electron chi connectivity index (χ3n) is 4.09. The Morgan fingerprint density at radius 1 is 1.25 bits per heavy atom. The van der Waals surface area contributed by atoms with Gasteiger partial charge in [-0.05, 0) is 12.8 Å². The Balaban J connectivity index is 2.60. The van der Waals surface area contributed by atoms with E-state index in [-0.39, 0.29) is 23.7 Å². The van der Waals surface area contributed by atoms with Gasteiger partial charge in [0.05, 0.1) is 19.6 Å². The van der Waals surface area contributed by atoms with Crippen LogP contribution in [-0.4, -0.2) is 62.6 Å². The molecule has 0 aromatic carbocycles. The number of hydrogen-bond donors (Lipinski definition) is 2. The van der Waals surface area contributed by atoms with Crippen molar-refractivity contribution in [2.75, 3.05) is 39.8 Å². The first-order valence-corrected chi connectivity index (χ1v) is 8.60. The number of guanidine groups is 1. The molecule has 24 heavy (non-hydrogen) atoms. The summed E-state index contributed by atoms with van der Waals surface area (Å²) in [5.41, 5.74) is -0.396. The smallest absolute Gasteiger partial charge is 0.310 e. The normalized spacial score (nSPS) is 21.6.